The Morgan fingerprint density at radius 1 is 1.52 bits per heavy atom. The molecular weight excluding hydrogens is 364 g/mol. The maximum Gasteiger partial charge on any atom is 0.351 e. The fourth-order valence-electron chi connectivity index (χ4n) is 3.21. The lowest BCUT2D eigenvalue weighted by molar-refractivity contribution is -0.0454. The second kappa shape index (κ2) is 7.71. The van der Waals surface area contributed by atoms with E-state index in [9.17, 15) is 15.2 Å². The summed E-state index contributed by atoms with van der Waals surface area (Å²) in [6.45, 7) is 12.6. The van der Waals surface area contributed by atoms with E-state index in [1.807, 2.05) is 0 Å². The highest BCUT2D eigenvalue weighted by Crippen LogP contribution is 2.47. The lowest BCUT2D eigenvalue weighted by Gasteiger charge is -2.44. The monoisotopic (exact) mass is 394 g/mol. The van der Waals surface area contributed by atoms with Gasteiger partial charge in [-0.25, -0.2) is 4.79 Å². The third kappa shape index (κ3) is 3.94. The summed E-state index contributed by atoms with van der Waals surface area (Å²) in [5.41, 5.74) is 4.94. The average molecular weight is 395 g/mol. The lowest BCUT2D eigenvalue weighted by atomic mass is 9.99. The van der Waals surface area contributed by atoms with Crippen molar-refractivity contribution in [3.8, 4) is 6.07 Å². The summed E-state index contributed by atoms with van der Waals surface area (Å²) >= 11 is 0. The van der Waals surface area contributed by atoms with Crippen molar-refractivity contribution in [2.45, 2.75) is 64.3 Å². The zero-order valence-corrected chi connectivity index (χ0v) is 17.8. The molecule has 1 aliphatic heterocycles. The number of aromatic nitrogens is 2. The first-order valence-electron chi connectivity index (χ1n) is 9.14. The first-order valence-corrected chi connectivity index (χ1v) is 12.1. The molecule has 27 heavy (non-hydrogen) atoms. The molecule has 9 heteroatoms. The van der Waals surface area contributed by atoms with Crippen LogP contribution >= 0.6 is 0 Å². The molecule has 8 nitrogen and oxygen atoms in total. The SMILES string of the molecule is CC(C)C(C)(C)[Si](C)(C)O[C@H]1[C@H](C#N)[C@H](n2ccc(N)nc2=O)O[C@@H]1CO. The molecule has 2 heterocycles. The largest absolute Gasteiger partial charge is 0.410 e. The molecule has 0 unspecified atom stereocenters. The third-order valence-electron chi connectivity index (χ3n) is 6.22. The van der Waals surface area contributed by atoms with Crippen LogP contribution in [0.5, 0.6) is 0 Å². The number of aliphatic hydroxyl groups excluding tert-OH is 1. The zero-order chi connectivity index (χ0) is 20.6. The quantitative estimate of drug-likeness (QED) is 0.706. The first kappa shape index (κ1) is 21.6. The van der Waals surface area contributed by atoms with Crippen LogP contribution in [0.15, 0.2) is 17.1 Å². The molecule has 0 spiro atoms. The zero-order valence-electron chi connectivity index (χ0n) is 16.8. The van der Waals surface area contributed by atoms with Crippen molar-refractivity contribution in [2.75, 3.05) is 12.3 Å². The lowest BCUT2D eigenvalue weighted by Crippen LogP contribution is -2.51. The van der Waals surface area contributed by atoms with Gasteiger partial charge in [-0.2, -0.15) is 10.2 Å². The molecule has 0 radical (unpaired) electrons. The van der Waals surface area contributed by atoms with E-state index >= 15 is 0 Å². The number of nitrogen functional groups attached to an aromatic ring is 1. The summed E-state index contributed by atoms with van der Waals surface area (Å²) < 4.78 is 13.6. The molecule has 0 aliphatic carbocycles. The second-order valence-corrected chi connectivity index (χ2v) is 13.0. The van der Waals surface area contributed by atoms with E-state index in [2.05, 4.69) is 51.8 Å². The van der Waals surface area contributed by atoms with Crippen LogP contribution in [0.3, 0.4) is 0 Å². The number of rotatable bonds is 6. The van der Waals surface area contributed by atoms with Crippen LogP contribution in [0.2, 0.25) is 18.1 Å². The summed E-state index contributed by atoms with van der Waals surface area (Å²) in [5, 5.41) is 19.5. The van der Waals surface area contributed by atoms with Crippen LogP contribution in [0, 0.1) is 23.2 Å². The second-order valence-electron chi connectivity index (χ2n) is 8.41. The average Bonchev–Trinajstić information content (AvgIpc) is 2.91. The van der Waals surface area contributed by atoms with Crippen molar-refractivity contribution in [2.24, 2.45) is 11.8 Å². The summed E-state index contributed by atoms with van der Waals surface area (Å²) in [7, 11) is -2.29. The number of nitrogens with two attached hydrogens (primary N) is 1. The minimum Gasteiger partial charge on any atom is -0.410 e. The highest BCUT2D eigenvalue weighted by molar-refractivity contribution is 6.74. The van der Waals surface area contributed by atoms with E-state index in [0.717, 1.165) is 0 Å². The summed E-state index contributed by atoms with van der Waals surface area (Å²) in [5.74, 6) is -0.268. The smallest absolute Gasteiger partial charge is 0.351 e. The van der Waals surface area contributed by atoms with Crippen LogP contribution in [-0.2, 0) is 9.16 Å². The first-order chi connectivity index (χ1) is 12.5. The topological polar surface area (TPSA) is 123 Å². The molecule has 1 aliphatic rings. The van der Waals surface area contributed by atoms with Gasteiger partial charge >= 0.3 is 5.69 Å². The van der Waals surface area contributed by atoms with Gasteiger partial charge in [-0.1, -0.05) is 27.7 Å². The normalized spacial score (nSPS) is 26.3. The number of hydrogen-bond acceptors (Lipinski definition) is 7. The molecule has 0 bridgehead atoms. The third-order valence-corrected chi connectivity index (χ3v) is 10.8. The van der Waals surface area contributed by atoms with E-state index in [4.69, 9.17) is 14.9 Å². The predicted molar refractivity (Wildman–Crippen MR) is 104 cm³/mol. The Morgan fingerprint density at radius 2 is 2.15 bits per heavy atom. The molecule has 1 aromatic heterocycles. The van der Waals surface area contributed by atoms with Crippen LogP contribution in [0.1, 0.15) is 33.9 Å². The van der Waals surface area contributed by atoms with Crippen LogP contribution < -0.4 is 11.4 Å². The van der Waals surface area contributed by atoms with Crippen LogP contribution in [0.25, 0.3) is 0 Å². The van der Waals surface area contributed by atoms with Gasteiger partial charge in [0.25, 0.3) is 0 Å². The molecular formula is C18H30N4O4Si. The van der Waals surface area contributed by atoms with Gasteiger partial charge in [-0.3, -0.25) is 4.57 Å². The Labute approximate surface area is 161 Å². The number of anilines is 1. The number of hydrogen-bond donors (Lipinski definition) is 2. The van der Waals surface area contributed by atoms with Crippen molar-refractivity contribution in [3.63, 3.8) is 0 Å². The van der Waals surface area contributed by atoms with Gasteiger partial charge in [0.2, 0.25) is 0 Å². The van der Waals surface area contributed by atoms with Gasteiger partial charge in [-0.15, -0.1) is 0 Å². The molecule has 0 saturated carbocycles. The van der Waals surface area contributed by atoms with Crippen molar-refractivity contribution in [1.29, 1.82) is 5.26 Å². The summed E-state index contributed by atoms with van der Waals surface area (Å²) in [6.07, 6.45) is -0.755. The Hall–Kier alpha value is -1.73. The van der Waals surface area contributed by atoms with Gasteiger partial charge in [-0.05, 0) is 30.1 Å². The van der Waals surface area contributed by atoms with Crippen LogP contribution in [-0.4, -0.2) is 41.8 Å². The number of aliphatic hydroxyl groups is 1. The van der Waals surface area contributed by atoms with Crippen LogP contribution in [0.4, 0.5) is 5.82 Å². The molecule has 150 valence electrons. The van der Waals surface area contributed by atoms with E-state index in [0.29, 0.717) is 5.92 Å². The minimum absolute atomic E-state index is 0.0648. The summed E-state index contributed by atoms with van der Waals surface area (Å²) in [6, 6.07) is 3.69. The molecule has 0 amide bonds. The van der Waals surface area contributed by atoms with Crippen molar-refractivity contribution >= 4 is 14.1 Å². The Morgan fingerprint density at radius 3 is 2.63 bits per heavy atom. The van der Waals surface area contributed by atoms with Gasteiger partial charge in [0.15, 0.2) is 14.5 Å². The highest BCUT2D eigenvalue weighted by Gasteiger charge is 2.52. The maximum absolute atomic E-state index is 12.2. The molecule has 2 rings (SSSR count). The fourth-order valence-corrected chi connectivity index (χ4v) is 5.89. The minimum atomic E-state index is -2.29. The summed E-state index contributed by atoms with van der Waals surface area (Å²) in [4.78, 5) is 15.9. The number of ether oxygens (including phenoxy) is 1. The van der Waals surface area contributed by atoms with E-state index in [1.165, 1.54) is 16.8 Å². The molecule has 0 aromatic carbocycles. The van der Waals surface area contributed by atoms with Gasteiger partial charge in [0.1, 0.15) is 17.8 Å². The van der Waals surface area contributed by atoms with Crippen molar-refractivity contribution < 1.29 is 14.3 Å². The highest BCUT2D eigenvalue weighted by atomic mass is 28.4. The Balaban J connectivity index is 2.39. The molecule has 1 fully saturated rings. The molecule has 1 saturated heterocycles. The number of nitrogens with zero attached hydrogens (tertiary/aromatic N) is 3. The standard InChI is InChI=1S/C18H30N4O4Si/c1-11(2)18(3,4)27(5,6)26-15-12(9-19)16(25-13(15)10-23)22-8-7-14(20)21-17(22)24/h7-8,11-13,15-16,23H,10H2,1-6H3,(H2,20,21,24)/t12-,13+,15-,16+/m0/s1. The Bertz CT molecular complexity index is 771. The van der Waals surface area contributed by atoms with Crippen molar-refractivity contribution in [3.05, 3.63) is 22.7 Å². The van der Waals surface area contributed by atoms with Crippen molar-refractivity contribution in [1.82, 2.24) is 9.55 Å². The van der Waals surface area contributed by atoms with E-state index in [1.54, 1.807) is 0 Å². The molecule has 1 aromatic rings. The Kier molecular flexibility index (Phi) is 6.16. The maximum atomic E-state index is 12.2. The van der Waals surface area contributed by atoms with E-state index < -0.39 is 38.4 Å². The molecule has 3 N–H and O–H groups in total. The van der Waals surface area contributed by atoms with Gasteiger partial charge in [0, 0.05) is 6.20 Å². The predicted octanol–water partition coefficient (Wildman–Crippen LogP) is 1.88. The molecule has 4 atom stereocenters. The van der Waals surface area contributed by atoms with Gasteiger partial charge in [0.05, 0.1) is 18.8 Å². The fraction of sp³-hybridized carbons (Fsp3) is 0.722. The van der Waals surface area contributed by atoms with Gasteiger partial charge < -0.3 is 20.0 Å². The van der Waals surface area contributed by atoms with E-state index in [-0.39, 0.29) is 17.5 Å². The number of nitriles is 1.